The molecule has 5 aliphatic rings. The van der Waals surface area contributed by atoms with Gasteiger partial charge < -0.3 is 5.11 Å². The van der Waals surface area contributed by atoms with Crippen molar-refractivity contribution in [3.63, 3.8) is 0 Å². The van der Waals surface area contributed by atoms with Crippen LogP contribution in [0.3, 0.4) is 0 Å². The highest BCUT2D eigenvalue weighted by atomic mass is 16.6. The largest absolute Gasteiger partial charge is 0.481 e. The van der Waals surface area contributed by atoms with Gasteiger partial charge in [0.1, 0.15) is 0 Å². The van der Waals surface area contributed by atoms with Crippen molar-refractivity contribution in [1.29, 1.82) is 0 Å². The first-order chi connectivity index (χ1) is 20.0. The molecule has 2 aromatic rings. The fourth-order valence-corrected chi connectivity index (χ4v) is 11.8. The van der Waals surface area contributed by atoms with E-state index in [4.69, 9.17) is 9.97 Å². The number of hydrogen-bond donors (Lipinski definition) is 1. The zero-order valence-corrected chi connectivity index (χ0v) is 26.9. The molecule has 7 atom stereocenters. The van der Waals surface area contributed by atoms with Gasteiger partial charge in [0.15, 0.2) is 0 Å². The molecule has 3 saturated carbocycles. The molecule has 43 heavy (non-hydrogen) atoms. The maximum atomic E-state index is 13.0. The molecule has 0 bridgehead atoms. The molecule has 0 saturated heterocycles. The van der Waals surface area contributed by atoms with Crippen LogP contribution >= 0.6 is 0 Å². The summed E-state index contributed by atoms with van der Waals surface area (Å²) in [6, 6.07) is 4.83. The standard InChI is InChI=1S/C36H47N3O4/c1-31(2)14-16-36(30(40)41)17-15-34(6)22(23(36)19-31)9-11-28-33(5)20-26-29(32(3,4)27(33)12-13-35(28,34)7)38-24-10-8-21(39(42)43)18-25(24)37-26/h8-10,18,23,27-28H,11-17,19-20H2,1-7H3,(H,40,41)/t23-,27-,28+,33-,34+,35+,36-/m0/s1. The second-order valence-electron chi connectivity index (χ2n) is 17.0. The van der Waals surface area contributed by atoms with Crippen LogP contribution in [0.15, 0.2) is 29.8 Å². The zero-order chi connectivity index (χ0) is 31.0. The van der Waals surface area contributed by atoms with Crippen molar-refractivity contribution in [2.45, 2.75) is 112 Å². The molecule has 1 heterocycles. The van der Waals surface area contributed by atoms with Crippen molar-refractivity contribution in [1.82, 2.24) is 9.97 Å². The summed E-state index contributed by atoms with van der Waals surface area (Å²) >= 11 is 0. The van der Waals surface area contributed by atoms with Gasteiger partial charge in [-0.15, -0.1) is 0 Å². The van der Waals surface area contributed by atoms with Crippen LogP contribution in [0.25, 0.3) is 11.0 Å². The van der Waals surface area contributed by atoms with Gasteiger partial charge in [0.2, 0.25) is 0 Å². The fraction of sp³-hybridized carbons (Fsp3) is 0.694. The van der Waals surface area contributed by atoms with E-state index in [-0.39, 0.29) is 43.6 Å². The Balaban J connectivity index is 1.34. The number of benzene rings is 1. The molecule has 1 N–H and O–H groups in total. The number of nitrogens with zero attached hydrogens (tertiary/aromatic N) is 3. The lowest BCUT2D eigenvalue weighted by atomic mass is 9.34. The number of nitro benzene ring substituents is 1. The highest BCUT2D eigenvalue weighted by Gasteiger charge is 2.69. The molecular formula is C36H47N3O4. The van der Waals surface area contributed by atoms with Gasteiger partial charge in [-0.05, 0) is 103 Å². The highest BCUT2D eigenvalue weighted by molar-refractivity contribution is 5.78. The highest BCUT2D eigenvalue weighted by Crippen LogP contribution is 2.75. The predicted octanol–water partition coefficient (Wildman–Crippen LogP) is 8.44. The summed E-state index contributed by atoms with van der Waals surface area (Å²) in [5.41, 5.74) is 4.17. The van der Waals surface area contributed by atoms with E-state index in [0.29, 0.717) is 17.4 Å². The van der Waals surface area contributed by atoms with Gasteiger partial charge >= 0.3 is 5.97 Å². The minimum Gasteiger partial charge on any atom is -0.481 e. The molecule has 0 amide bonds. The van der Waals surface area contributed by atoms with Crippen LogP contribution in [0.5, 0.6) is 0 Å². The van der Waals surface area contributed by atoms with Crippen LogP contribution < -0.4 is 0 Å². The quantitative estimate of drug-likeness (QED) is 0.215. The zero-order valence-electron chi connectivity index (χ0n) is 26.9. The van der Waals surface area contributed by atoms with E-state index < -0.39 is 11.4 Å². The van der Waals surface area contributed by atoms with E-state index in [1.807, 2.05) is 0 Å². The first kappa shape index (κ1) is 28.9. The van der Waals surface area contributed by atoms with E-state index in [9.17, 15) is 20.0 Å². The summed E-state index contributed by atoms with van der Waals surface area (Å²) in [6.07, 6.45) is 11.0. The van der Waals surface area contributed by atoms with Gasteiger partial charge in [0.05, 0.1) is 32.8 Å². The minimum absolute atomic E-state index is 0.0230. The molecule has 7 nitrogen and oxygen atoms in total. The van der Waals surface area contributed by atoms with Gasteiger partial charge in [-0.25, -0.2) is 9.97 Å². The molecule has 7 rings (SSSR count). The molecule has 0 radical (unpaired) electrons. The number of aliphatic carboxylic acids is 1. The second kappa shape index (κ2) is 8.66. The summed E-state index contributed by atoms with van der Waals surface area (Å²) < 4.78 is 0. The van der Waals surface area contributed by atoms with E-state index in [0.717, 1.165) is 74.7 Å². The maximum absolute atomic E-state index is 13.0. The number of allylic oxidation sites excluding steroid dienone is 2. The smallest absolute Gasteiger partial charge is 0.310 e. The van der Waals surface area contributed by atoms with Crippen LogP contribution in [0.2, 0.25) is 0 Å². The Morgan fingerprint density at radius 3 is 2.37 bits per heavy atom. The number of fused-ring (bicyclic) bond motifs is 9. The van der Waals surface area contributed by atoms with E-state index in [1.165, 1.54) is 11.6 Å². The molecule has 1 aromatic carbocycles. The Morgan fingerprint density at radius 2 is 1.67 bits per heavy atom. The summed E-state index contributed by atoms with van der Waals surface area (Å²) in [6.45, 7) is 16.8. The average molecular weight is 586 g/mol. The first-order valence-corrected chi connectivity index (χ1v) is 16.4. The van der Waals surface area contributed by atoms with E-state index in [2.05, 4.69) is 54.5 Å². The molecule has 0 aliphatic heterocycles. The molecule has 0 spiro atoms. The maximum Gasteiger partial charge on any atom is 0.310 e. The third-order valence-electron chi connectivity index (χ3n) is 14.3. The fourth-order valence-electron chi connectivity index (χ4n) is 11.8. The molecular weight excluding hydrogens is 538 g/mol. The number of hydrogen-bond acceptors (Lipinski definition) is 5. The number of rotatable bonds is 2. The SMILES string of the molecule is CC1(C)CC[C@]2(C(=O)O)CC[C@]3(C)C(=CC[C@@H]4[C@@]5(C)Cc6nc7cc([N+](=O)[O-])ccc7nc6C(C)(C)[C@@H]5CC[C@]43C)[C@@H]2C1. The Morgan fingerprint density at radius 1 is 0.953 bits per heavy atom. The Labute approximate surface area is 255 Å². The molecule has 7 heteroatoms. The summed E-state index contributed by atoms with van der Waals surface area (Å²) in [7, 11) is 0. The molecule has 3 fully saturated rings. The van der Waals surface area contributed by atoms with Crippen LogP contribution in [0.1, 0.15) is 111 Å². The van der Waals surface area contributed by atoms with Gasteiger partial charge in [-0.1, -0.05) is 60.1 Å². The van der Waals surface area contributed by atoms with E-state index >= 15 is 0 Å². The second-order valence-corrected chi connectivity index (χ2v) is 17.0. The minimum atomic E-state index is -0.629. The summed E-state index contributed by atoms with van der Waals surface area (Å²) in [5.74, 6) is 0.378. The third kappa shape index (κ3) is 3.63. The monoisotopic (exact) mass is 585 g/mol. The number of carbonyl (C=O) groups is 1. The van der Waals surface area contributed by atoms with Crippen LogP contribution in [0.4, 0.5) is 5.69 Å². The summed E-state index contributed by atoms with van der Waals surface area (Å²) in [5, 5.41) is 22.2. The number of aromatic nitrogens is 2. The molecule has 230 valence electrons. The Hall–Kier alpha value is -2.83. The number of carboxylic acid groups (broad SMARTS) is 1. The van der Waals surface area contributed by atoms with Gasteiger partial charge in [-0.2, -0.15) is 0 Å². The van der Waals surface area contributed by atoms with Crippen LogP contribution in [0, 0.1) is 54.9 Å². The van der Waals surface area contributed by atoms with E-state index in [1.54, 1.807) is 12.1 Å². The van der Waals surface area contributed by atoms with Crippen molar-refractivity contribution in [2.24, 2.45) is 44.8 Å². The Kier molecular flexibility index (Phi) is 5.82. The van der Waals surface area contributed by atoms with Crippen molar-refractivity contribution >= 4 is 22.7 Å². The van der Waals surface area contributed by atoms with Crippen molar-refractivity contribution < 1.29 is 14.8 Å². The number of non-ortho nitro benzene ring substituents is 1. The van der Waals surface area contributed by atoms with Crippen LogP contribution in [-0.4, -0.2) is 26.0 Å². The van der Waals surface area contributed by atoms with Gasteiger partial charge in [0, 0.05) is 17.5 Å². The number of carboxylic acids is 1. The van der Waals surface area contributed by atoms with Crippen LogP contribution in [-0.2, 0) is 16.6 Å². The molecule has 1 aromatic heterocycles. The molecule has 0 unspecified atom stereocenters. The summed E-state index contributed by atoms with van der Waals surface area (Å²) in [4.78, 5) is 34.3. The topological polar surface area (TPSA) is 106 Å². The van der Waals surface area contributed by atoms with Crippen molar-refractivity contribution in [3.8, 4) is 0 Å². The molecule has 5 aliphatic carbocycles. The lowest BCUT2D eigenvalue weighted by Crippen LogP contribution is -2.65. The van der Waals surface area contributed by atoms with Crippen molar-refractivity contribution in [3.05, 3.63) is 51.4 Å². The predicted molar refractivity (Wildman–Crippen MR) is 167 cm³/mol. The lowest BCUT2D eigenvalue weighted by molar-refractivity contribution is -0.384. The number of nitro groups is 1. The average Bonchev–Trinajstić information content (AvgIpc) is 2.91. The third-order valence-corrected chi connectivity index (χ3v) is 14.3. The van der Waals surface area contributed by atoms with Gasteiger partial charge in [0.25, 0.3) is 5.69 Å². The van der Waals surface area contributed by atoms with Crippen molar-refractivity contribution in [2.75, 3.05) is 0 Å². The van der Waals surface area contributed by atoms with Gasteiger partial charge in [-0.3, -0.25) is 14.9 Å². The first-order valence-electron chi connectivity index (χ1n) is 16.4. The Bertz CT molecular complexity index is 1610. The lowest BCUT2D eigenvalue weighted by Gasteiger charge is -2.70. The normalized spacial score (nSPS) is 40.6.